The Morgan fingerprint density at radius 2 is 2.12 bits per heavy atom. The molecule has 0 unspecified atom stereocenters. The van der Waals surface area contributed by atoms with E-state index in [-0.39, 0.29) is 11.9 Å². The van der Waals surface area contributed by atoms with E-state index in [1.54, 1.807) is 17.7 Å². The molecule has 1 aliphatic carbocycles. The Hall–Kier alpha value is -2.42. The molecule has 0 bridgehead atoms. The quantitative estimate of drug-likeness (QED) is 0.810. The lowest BCUT2D eigenvalue weighted by Crippen LogP contribution is -2.25. The van der Waals surface area contributed by atoms with Crippen molar-refractivity contribution in [3.05, 3.63) is 29.2 Å². The maximum Gasteiger partial charge on any atom is 0.308 e. The Labute approximate surface area is 140 Å². The Kier molecular flexibility index (Phi) is 4.52. The van der Waals surface area contributed by atoms with Gasteiger partial charge in [0.15, 0.2) is 0 Å². The Bertz CT molecular complexity index is 814. The molecule has 1 aliphatic rings. The summed E-state index contributed by atoms with van der Waals surface area (Å²) in [6.45, 7) is 2.45. The van der Waals surface area contributed by atoms with Crippen molar-refractivity contribution in [1.29, 1.82) is 5.26 Å². The number of nitriles is 1. The number of aryl methyl sites for hydroxylation is 1. The average molecular weight is 329 g/mol. The molecule has 126 valence electrons. The standard InChI is InChI=1S/C18H20FN3O2/c1-11-17-15(19)7-13(9-20)8-16(17)22(21-11)10-12-3-5-14(6-4-12)18(23)24-2/h7-8,12,14H,3-6,10H2,1-2H3. The molecule has 1 aromatic heterocycles. The maximum absolute atomic E-state index is 14.2. The first kappa shape index (κ1) is 16.4. The van der Waals surface area contributed by atoms with Crippen LogP contribution in [-0.2, 0) is 16.1 Å². The van der Waals surface area contributed by atoms with Crippen LogP contribution < -0.4 is 0 Å². The Morgan fingerprint density at radius 3 is 2.75 bits per heavy atom. The molecule has 0 radical (unpaired) electrons. The van der Waals surface area contributed by atoms with E-state index in [1.807, 2.05) is 6.07 Å². The van der Waals surface area contributed by atoms with Crippen molar-refractivity contribution in [2.45, 2.75) is 39.2 Å². The molecule has 0 aliphatic heterocycles. The van der Waals surface area contributed by atoms with Gasteiger partial charge in [0.25, 0.3) is 0 Å². The maximum atomic E-state index is 14.2. The van der Waals surface area contributed by atoms with E-state index in [2.05, 4.69) is 5.10 Å². The van der Waals surface area contributed by atoms with Crippen LogP contribution in [0.4, 0.5) is 4.39 Å². The molecule has 1 saturated carbocycles. The largest absolute Gasteiger partial charge is 0.469 e. The van der Waals surface area contributed by atoms with E-state index < -0.39 is 5.82 Å². The summed E-state index contributed by atoms with van der Waals surface area (Å²) >= 11 is 0. The Balaban J connectivity index is 1.80. The van der Waals surface area contributed by atoms with Gasteiger partial charge in [0, 0.05) is 6.54 Å². The summed E-state index contributed by atoms with van der Waals surface area (Å²) in [5.74, 6) is -0.149. The minimum Gasteiger partial charge on any atom is -0.469 e. The molecule has 1 fully saturated rings. The highest BCUT2D eigenvalue weighted by Gasteiger charge is 2.27. The molecule has 0 N–H and O–H groups in total. The summed E-state index contributed by atoms with van der Waals surface area (Å²) in [6, 6.07) is 4.94. The van der Waals surface area contributed by atoms with Crippen molar-refractivity contribution in [3.63, 3.8) is 0 Å². The number of rotatable bonds is 3. The number of methoxy groups -OCH3 is 1. The van der Waals surface area contributed by atoms with Crippen LogP contribution in [0.5, 0.6) is 0 Å². The normalized spacial score (nSPS) is 20.8. The Morgan fingerprint density at radius 1 is 1.42 bits per heavy atom. The van der Waals surface area contributed by atoms with Gasteiger partial charge >= 0.3 is 5.97 Å². The minimum absolute atomic E-state index is 0.00927. The van der Waals surface area contributed by atoms with Crippen LogP contribution in [0.25, 0.3) is 10.9 Å². The van der Waals surface area contributed by atoms with Gasteiger partial charge in [0.1, 0.15) is 5.82 Å². The van der Waals surface area contributed by atoms with Crippen molar-refractivity contribution < 1.29 is 13.9 Å². The fourth-order valence-corrected chi connectivity index (χ4v) is 3.63. The van der Waals surface area contributed by atoms with Gasteiger partial charge in [-0.2, -0.15) is 10.4 Å². The summed E-state index contributed by atoms with van der Waals surface area (Å²) in [4.78, 5) is 11.6. The third-order valence-electron chi connectivity index (χ3n) is 4.92. The van der Waals surface area contributed by atoms with Crippen molar-refractivity contribution in [3.8, 4) is 6.07 Å². The van der Waals surface area contributed by atoms with Crippen LogP contribution in [0.2, 0.25) is 0 Å². The lowest BCUT2D eigenvalue weighted by molar-refractivity contribution is -0.146. The number of fused-ring (bicyclic) bond motifs is 1. The van der Waals surface area contributed by atoms with Gasteiger partial charge in [-0.05, 0) is 50.7 Å². The van der Waals surface area contributed by atoms with Crippen molar-refractivity contribution in [2.75, 3.05) is 7.11 Å². The molecular formula is C18H20FN3O2. The molecule has 5 nitrogen and oxygen atoms in total. The average Bonchev–Trinajstić information content (AvgIpc) is 2.90. The number of hydrogen-bond donors (Lipinski definition) is 0. The van der Waals surface area contributed by atoms with Gasteiger partial charge in [0.2, 0.25) is 0 Å². The molecule has 0 atom stereocenters. The van der Waals surface area contributed by atoms with Crippen molar-refractivity contribution in [2.24, 2.45) is 11.8 Å². The molecule has 0 spiro atoms. The van der Waals surface area contributed by atoms with E-state index in [1.165, 1.54) is 13.2 Å². The van der Waals surface area contributed by atoms with E-state index >= 15 is 0 Å². The first-order valence-electron chi connectivity index (χ1n) is 8.18. The van der Waals surface area contributed by atoms with E-state index in [9.17, 15) is 9.18 Å². The molecule has 1 heterocycles. The number of halogens is 1. The number of esters is 1. The van der Waals surface area contributed by atoms with Crippen LogP contribution in [0, 0.1) is 35.9 Å². The fraction of sp³-hybridized carbons (Fsp3) is 0.500. The van der Waals surface area contributed by atoms with Gasteiger partial charge in [-0.15, -0.1) is 0 Å². The third-order valence-corrected chi connectivity index (χ3v) is 4.92. The summed E-state index contributed by atoms with van der Waals surface area (Å²) in [7, 11) is 1.43. The van der Waals surface area contributed by atoms with Crippen LogP contribution in [0.1, 0.15) is 36.9 Å². The monoisotopic (exact) mass is 329 g/mol. The van der Waals surface area contributed by atoms with Gasteiger partial charge < -0.3 is 4.74 Å². The van der Waals surface area contributed by atoms with Gasteiger partial charge in [0.05, 0.1) is 41.3 Å². The second-order valence-corrected chi connectivity index (χ2v) is 6.47. The number of carbonyl (C=O) groups is 1. The minimum atomic E-state index is -0.401. The SMILES string of the molecule is COC(=O)C1CCC(Cn2nc(C)c3c(F)cc(C#N)cc32)CC1. The number of ether oxygens (including phenoxy) is 1. The van der Waals surface area contributed by atoms with E-state index in [0.717, 1.165) is 25.7 Å². The number of carbonyl (C=O) groups excluding carboxylic acids is 1. The summed E-state index contributed by atoms with van der Waals surface area (Å²) in [5.41, 5.74) is 1.60. The zero-order chi connectivity index (χ0) is 17.3. The van der Waals surface area contributed by atoms with E-state index in [4.69, 9.17) is 10.00 Å². The zero-order valence-electron chi connectivity index (χ0n) is 13.9. The lowest BCUT2D eigenvalue weighted by Gasteiger charge is -2.26. The highest BCUT2D eigenvalue weighted by Crippen LogP contribution is 2.32. The molecule has 2 aromatic rings. The number of benzene rings is 1. The third kappa shape index (κ3) is 2.99. The van der Waals surface area contributed by atoms with Crippen LogP contribution in [-0.4, -0.2) is 22.9 Å². The van der Waals surface area contributed by atoms with Crippen molar-refractivity contribution >= 4 is 16.9 Å². The van der Waals surface area contributed by atoms with Gasteiger partial charge in [-0.1, -0.05) is 0 Å². The first-order chi connectivity index (χ1) is 11.5. The molecular weight excluding hydrogens is 309 g/mol. The molecule has 0 saturated heterocycles. The number of nitrogens with zero attached hydrogens (tertiary/aromatic N) is 3. The highest BCUT2D eigenvalue weighted by molar-refractivity contribution is 5.83. The number of hydrogen-bond acceptors (Lipinski definition) is 4. The first-order valence-corrected chi connectivity index (χ1v) is 8.18. The molecule has 1 aromatic carbocycles. The highest BCUT2D eigenvalue weighted by atomic mass is 19.1. The van der Waals surface area contributed by atoms with Crippen LogP contribution in [0.15, 0.2) is 12.1 Å². The van der Waals surface area contributed by atoms with Crippen molar-refractivity contribution in [1.82, 2.24) is 9.78 Å². The summed E-state index contributed by atoms with van der Waals surface area (Å²) < 4.78 is 20.8. The molecule has 0 amide bonds. The smallest absolute Gasteiger partial charge is 0.308 e. The van der Waals surface area contributed by atoms with Crippen LogP contribution >= 0.6 is 0 Å². The molecule has 24 heavy (non-hydrogen) atoms. The van der Waals surface area contributed by atoms with E-state index in [0.29, 0.717) is 34.6 Å². The predicted octanol–water partition coefficient (Wildman–Crippen LogP) is 3.33. The van der Waals surface area contributed by atoms with Gasteiger partial charge in [-0.25, -0.2) is 4.39 Å². The zero-order valence-corrected chi connectivity index (χ0v) is 13.9. The van der Waals surface area contributed by atoms with Crippen LogP contribution in [0.3, 0.4) is 0 Å². The topological polar surface area (TPSA) is 67.9 Å². The fourth-order valence-electron chi connectivity index (χ4n) is 3.63. The second-order valence-electron chi connectivity index (χ2n) is 6.47. The summed E-state index contributed by atoms with van der Waals surface area (Å²) in [6.07, 6.45) is 3.46. The molecule has 3 rings (SSSR count). The summed E-state index contributed by atoms with van der Waals surface area (Å²) in [5, 5.41) is 14.0. The second kappa shape index (κ2) is 6.60. The van der Waals surface area contributed by atoms with Gasteiger partial charge in [-0.3, -0.25) is 9.48 Å². The number of aromatic nitrogens is 2. The predicted molar refractivity (Wildman–Crippen MR) is 86.6 cm³/mol. The lowest BCUT2D eigenvalue weighted by atomic mass is 9.82. The molecule has 6 heteroatoms.